The third kappa shape index (κ3) is 3.90. The van der Waals surface area contributed by atoms with Crippen LogP contribution in [0.4, 0.5) is 0 Å². The van der Waals surface area contributed by atoms with Gasteiger partial charge in [-0.25, -0.2) is 0 Å². The van der Waals surface area contributed by atoms with Crippen LogP contribution in [-0.2, 0) is 23.9 Å². The van der Waals surface area contributed by atoms with Crippen LogP contribution >= 0.6 is 0 Å². The zero-order valence-corrected chi connectivity index (χ0v) is 12.7. The molecule has 0 saturated carbocycles. The highest BCUT2D eigenvalue weighted by molar-refractivity contribution is 5.96. The molecule has 0 bridgehead atoms. The summed E-state index contributed by atoms with van der Waals surface area (Å²) in [5, 5.41) is 0. The van der Waals surface area contributed by atoms with E-state index in [0.29, 0.717) is 6.29 Å². The average Bonchev–Trinajstić information content (AvgIpc) is 2.46. The lowest BCUT2D eigenvalue weighted by Crippen LogP contribution is -2.33. The van der Waals surface area contributed by atoms with E-state index in [2.05, 4.69) is 0 Å². The lowest BCUT2D eigenvalue weighted by atomic mass is 9.81. The molecule has 0 fully saturated rings. The summed E-state index contributed by atoms with van der Waals surface area (Å²) in [5.41, 5.74) is 2.75. The Bertz CT molecular complexity index is 519. The molecule has 0 amide bonds. The van der Waals surface area contributed by atoms with Crippen LogP contribution in [0.2, 0.25) is 0 Å². The van der Waals surface area contributed by atoms with Crippen LogP contribution in [0.5, 0.6) is 0 Å². The zero-order chi connectivity index (χ0) is 16.0. The van der Waals surface area contributed by atoms with Crippen LogP contribution in [0.1, 0.15) is 29.0 Å². The number of carbonyl (C=O) groups excluding carboxylic acids is 3. The van der Waals surface area contributed by atoms with Crippen molar-refractivity contribution in [2.24, 2.45) is 5.92 Å². The topological polar surface area (TPSA) is 69.7 Å². The number of hydrogen-bond acceptors (Lipinski definition) is 5. The molecule has 21 heavy (non-hydrogen) atoms. The molecule has 0 aromatic heterocycles. The molecule has 0 radical (unpaired) electrons. The van der Waals surface area contributed by atoms with E-state index in [4.69, 9.17) is 9.47 Å². The molecule has 0 aliphatic heterocycles. The lowest BCUT2D eigenvalue weighted by molar-refractivity contribution is -0.160. The summed E-state index contributed by atoms with van der Waals surface area (Å²) in [6.07, 6.45) is 0.738. The van der Waals surface area contributed by atoms with E-state index in [0.717, 1.165) is 16.7 Å². The minimum atomic E-state index is -1.15. The van der Waals surface area contributed by atoms with Crippen molar-refractivity contribution < 1.29 is 23.9 Å². The van der Waals surface area contributed by atoms with Crippen LogP contribution in [0.15, 0.2) is 18.2 Å². The first-order valence-corrected chi connectivity index (χ1v) is 6.62. The maximum absolute atomic E-state index is 11.9. The van der Waals surface area contributed by atoms with Crippen molar-refractivity contribution in [2.45, 2.75) is 26.2 Å². The molecule has 0 saturated heterocycles. The highest BCUT2D eigenvalue weighted by atomic mass is 16.5. The normalized spacial score (nSPS) is 11.9. The molecule has 0 unspecified atom stereocenters. The van der Waals surface area contributed by atoms with Gasteiger partial charge in [0, 0.05) is 12.3 Å². The molecule has 0 aliphatic rings. The molecule has 0 spiro atoms. The number of aryl methyl sites for hydroxylation is 2. The fourth-order valence-corrected chi connectivity index (χ4v) is 2.47. The molecule has 0 aliphatic carbocycles. The number of esters is 2. The third-order valence-electron chi connectivity index (χ3n) is 3.49. The van der Waals surface area contributed by atoms with E-state index in [1.54, 1.807) is 0 Å². The Morgan fingerprint density at radius 2 is 1.71 bits per heavy atom. The molecular weight excluding hydrogens is 272 g/mol. The van der Waals surface area contributed by atoms with Gasteiger partial charge < -0.3 is 14.3 Å². The van der Waals surface area contributed by atoms with Gasteiger partial charge in [0.15, 0.2) is 5.92 Å². The van der Waals surface area contributed by atoms with Crippen molar-refractivity contribution in [2.75, 3.05) is 14.2 Å². The Morgan fingerprint density at radius 3 is 2.14 bits per heavy atom. The summed E-state index contributed by atoms with van der Waals surface area (Å²) < 4.78 is 9.38. The van der Waals surface area contributed by atoms with Crippen molar-refractivity contribution in [1.29, 1.82) is 0 Å². The first-order chi connectivity index (χ1) is 9.96. The van der Waals surface area contributed by atoms with Crippen molar-refractivity contribution >= 4 is 18.2 Å². The number of rotatable bonds is 6. The maximum Gasteiger partial charge on any atom is 0.320 e. The summed E-state index contributed by atoms with van der Waals surface area (Å²) in [7, 11) is 2.41. The summed E-state index contributed by atoms with van der Waals surface area (Å²) in [4.78, 5) is 34.9. The number of aldehydes is 1. The van der Waals surface area contributed by atoms with Gasteiger partial charge in [0.1, 0.15) is 6.29 Å². The minimum absolute atomic E-state index is 0.0404. The molecule has 1 aromatic carbocycles. The van der Waals surface area contributed by atoms with Gasteiger partial charge in [-0.05, 0) is 25.0 Å². The smallest absolute Gasteiger partial charge is 0.320 e. The second kappa shape index (κ2) is 7.57. The van der Waals surface area contributed by atoms with E-state index in [1.807, 2.05) is 32.0 Å². The van der Waals surface area contributed by atoms with Gasteiger partial charge in [0.2, 0.25) is 0 Å². The number of methoxy groups -OCH3 is 2. The maximum atomic E-state index is 11.9. The quantitative estimate of drug-likeness (QED) is 0.455. The molecule has 5 nitrogen and oxygen atoms in total. The largest absolute Gasteiger partial charge is 0.468 e. The number of ether oxygens (including phenoxy) is 2. The Kier molecular flexibility index (Phi) is 6.09. The van der Waals surface area contributed by atoms with Crippen molar-refractivity contribution in [3.8, 4) is 0 Å². The average molecular weight is 292 g/mol. The molecular formula is C16H20O5. The molecule has 1 aromatic rings. The minimum Gasteiger partial charge on any atom is -0.468 e. The summed E-state index contributed by atoms with van der Waals surface area (Å²) in [6.45, 7) is 3.83. The molecule has 0 heterocycles. The van der Waals surface area contributed by atoms with Gasteiger partial charge in [0.25, 0.3) is 0 Å². The predicted octanol–water partition coefficient (Wildman–Crippen LogP) is 1.94. The highest BCUT2D eigenvalue weighted by Gasteiger charge is 2.38. The summed E-state index contributed by atoms with van der Waals surface area (Å²) in [6, 6.07) is 5.65. The van der Waals surface area contributed by atoms with Gasteiger partial charge in [0.05, 0.1) is 14.2 Å². The molecule has 1 rings (SSSR count). The van der Waals surface area contributed by atoms with Gasteiger partial charge in [-0.1, -0.05) is 23.8 Å². The number of hydrogen-bond donors (Lipinski definition) is 0. The van der Waals surface area contributed by atoms with E-state index < -0.39 is 23.8 Å². The van der Waals surface area contributed by atoms with Crippen LogP contribution < -0.4 is 0 Å². The van der Waals surface area contributed by atoms with Crippen molar-refractivity contribution in [1.82, 2.24) is 0 Å². The third-order valence-corrected chi connectivity index (χ3v) is 3.49. The van der Waals surface area contributed by atoms with Crippen LogP contribution in [0, 0.1) is 19.8 Å². The Morgan fingerprint density at radius 1 is 1.14 bits per heavy atom. The molecule has 114 valence electrons. The second-order valence-corrected chi connectivity index (χ2v) is 4.89. The van der Waals surface area contributed by atoms with Crippen LogP contribution in [-0.4, -0.2) is 32.4 Å². The Balaban J connectivity index is 3.32. The molecule has 1 atom stereocenters. The fraction of sp³-hybridized carbons (Fsp3) is 0.438. The van der Waals surface area contributed by atoms with Gasteiger partial charge in [-0.2, -0.15) is 0 Å². The number of benzene rings is 1. The SMILES string of the molecule is COC(=O)C(C(=O)OC)[C@H](CC=O)c1ccc(C)cc1C. The standard InChI is InChI=1S/C16H20O5/c1-10-5-6-12(11(2)9-10)13(7-8-17)14(15(18)20-3)16(19)21-4/h5-6,8-9,13-14H,7H2,1-4H3/t13-/m1/s1. The van der Waals surface area contributed by atoms with Gasteiger partial charge in [-0.15, -0.1) is 0 Å². The fourth-order valence-electron chi connectivity index (χ4n) is 2.47. The highest BCUT2D eigenvalue weighted by Crippen LogP contribution is 2.32. The summed E-state index contributed by atoms with van der Waals surface area (Å²) in [5.74, 6) is -3.14. The van der Waals surface area contributed by atoms with Crippen molar-refractivity contribution in [3.63, 3.8) is 0 Å². The van der Waals surface area contributed by atoms with E-state index >= 15 is 0 Å². The van der Waals surface area contributed by atoms with E-state index in [-0.39, 0.29) is 6.42 Å². The predicted molar refractivity (Wildman–Crippen MR) is 76.9 cm³/mol. The monoisotopic (exact) mass is 292 g/mol. The Hall–Kier alpha value is -2.17. The van der Waals surface area contributed by atoms with Crippen molar-refractivity contribution in [3.05, 3.63) is 34.9 Å². The van der Waals surface area contributed by atoms with E-state index in [9.17, 15) is 14.4 Å². The van der Waals surface area contributed by atoms with E-state index in [1.165, 1.54) is 14.2 Å². The first kappa shape index (κ1) is 16.9. The van der Waals surface area contributed by atoms with Crippen LogP contribution in [0.25, 0.3) is 0 Å². The first-order valence-electron chi connectivity index (χ1n) is 6.62. The lowest BCUT2D eigenvalue weighted by Gasteiger charge is -2.23. The molecule has 0 N–H and O–H groups in total. The second-order valence-electron chi connectivity index (χ2n) is 4.89. The number of carbonyl (C=O) groups is 3. The molecule has 5 heteroatoms. The Labute approximate surface area is 124 Å². The van der Waals surface area contributed by atoms with Gasteiger partial charge >= 0.3 is 11.9 Å². The van der Waals surface area contributed by atoms with Crippen LogP contribution in [0.3, 0.4) is 0 Å². The zero-order valence-electron chi connectivity index (χ0n) is 12.7. The van der Waals surface area contributed by atoms with Gasteiger partial charge in [-0.3, -0.25) is 9.59 Å². The summed E-state index contributed by atoms with van der Waals surface area (Å²) >= 11 is 0.